The highest BCUT2D eigenvalue weighted by atomic mass is 16.3. The predicted molar refractivity (Wildman–Crippen MR) is 74.6 cm³/mol. The molecule has 0 aliphatic heterocycles. The number of aliphatic hydroxyl groups excluding tert-OH is 1. The average Bonchev–Trinajstić information content (AvgIpc) is 3.08. The largest absolute Gasteiger partial charge is 0.392 e. The fraction of sp³-hybridized carbons (Fsp3) is 0.647. The third-order valence-corrected chi connectivity index (χ3v) is 5.22. The number of hydrogen-bond acceptors (Lipinski definition) is 1. The molecule has 18 heavy (non-hydrogen) atoms. The fourth-order valence-electron chi connectivity index (χ4n) is 4.13. The normalized spacial score (nSPS) is 31.8. The number of fused-ring (bicyclic) bond motifs is 1. The lowest BCUT2D eigenvalue weighted by Gasteiger charge is -2.15. The molecule has 1 aromatic rings. The van der Waals surface area contributed by atoms with Gasteiger partial charge in [-0.2, -0.15) is 0 Å². The lowest BCUT2D eigenvalue weighted by atomic mass is 9.95. The molecular weight excluding hydrogens is 220 g/mol. The summed E-state index contributed by atoms with van der Waals surface area (Å²) in [6, 6.07) is 6.43. The number of hydrogen-bond donors (Lipinski definition) is 1. The molecule has 1 nitrogen and oxygen atoms in total. The second kappa shape index (κ2) is 4.70. The molecule has 0 radical (unpaired) electrons. The summed E-state index contributed by atoms with van der Waals surface area (Å²) in [5.74, 6) is 2.29. The van der Waals surface area contributed by atoms with Crippen molar-refractivity contribution < 1.29 is 5.11 Å². The maximum Gasteiger partial charge on any atom is 0.0614 e. The Labute approximate surface area is 110 Å². The molecule has 2 saturated carbocycles. The summed E-state index contributed by atoms with van der Waals surface area (Å²) in [5.41, 5.74) is 4.03. The van der Waals surface area contributed by atoms with Crippen LogP contribution in [0.1, 0.15) is 42.4 Å². The quantitative estimate of drug-likeness (QED) is 0.860. The minimum atomic E-state index is -0.113. The minimum absolute atomic E-state index is 0.113. The van der Waals surface area contributed by atoms with E-state index in [0.29, 0.717) is 5.92 Å². The van der Waals surface area contributed by atoms with Gasteiger partial charge in [0.25, 0.3) is 0 Å². The Morgan fingerprint density at radius 3 is 2.22 bits per heavy atom. The van der Waals surface area contributed by atoms with Gasteiger partial charge in [0.1, 0.15) is 0 Å². The standard InChI is InChI=1S/C17H24O/c1-11-6-5-7-12(2)15(11)10-16(18)17-13-8-3-4-9-14(13)17/h5-7,13-14,16-18H,3-4,8-10H2,1-2H3. The van der Waals surface area contributed by atoms with Gasteiger partial charge in [0.05, 0.1) is 6.10 Å². The zero-order chi connectivity index (χ0) is 12.7. The maximum atomic E-state index is 10.5. The van der Waals surface area contributed by atoms with Gasteiger partial charge in [0.2, 0.25) is 0 Å². The third-order valence-electron chi connectivity index (χ3n) is 5.22. The smallest absolute Gasteiger partial charge is 0.0614 e. The molecule has 0 spiro atoms. The molecule has 0 bridgehead atoms. The van der Waals surface area contributed by atoms with Crippen LogP contribution in [0, 0.1) is 31.6 Å². The SMILES string of the molecule is Cc1cccc(C)c1CC(O)C1C2CCCCC21. The summed E-state index contributed by atoms with van der Waals surface area (Å²) in [5, 5.41) is 10.5. The van der Waals surface area contributed by atoms with Gasteiger partial charge in [-0.15, -0.1) is 0 Å². The second-order valence-electron chi connectivity index (χ2n) is 6.33. The second-order valence-corrected chi connectivity index (χ2v) is 6.33. The van der Waals surface area contributed by atoms with Crippen LogP contribution in [0.4, 0.5) is 0 Å². The van der Waals surface area contributed by atoms with Gasteiger partial charge in [0.15, 0.2) is 0 Å². The van der Waals surface area contributed by atoms with Crippen LogP contribution in [0.3, 0.4) is 0 Å². The van der Waals surface area contributed by atoms with E-state index in [1.807, 2.05) is 0 Å². The van der Waals surface area contributed by atoms with Gasteiger partial charge in [-0.1, -0.05) is 31.0 Å². The van der Waals surface area contributed by atoms with E-state index in [1.54, 1.807) is 0 Å². The third kappa shape index (κ3) is 2.09. The number of aryl methyl sites for hydroxylation is 2. The Morgan fingerprint density at radius 2 is 1.67 bits per heavy atom. The van der Waals surface area contributed by atoms with Crippen LogP contribution >= 0.6 is 0 Å². The Hall–Kier alpha value is -0.820. The van der Waals surface area contributed by atoms with Crippen molar-refractivity contribution in [3.05, 3.63) is 34.9 Å². The molecule has 2 aliphatic rings. The lowest BCUT2D eigenvalue weighted by molar-refractivity contribution is 0.140. The van der Waals surface area contributed by atoms with Gasteiger partial charge >= 0.3 is 0 Å². The van der Waals surface area contributed by atoms with Crippen LogP contribution in [0.15, 0.2) is 18.2 Å². The number of aliphatic hydroxyl groups is 1. The Kier molecular flexibility index (Phi) is 3.19. The first-order valence-electron chi connectivity index (χ1n) is 7.41. The van der Waals surface area contributed by atoms with Crippen LogP contribution in [-0.4, -0.2) is 11.2 Å². The van der Waals surface area contributed by atoms with Gasteiger partial charge in [-0.25, -0.2) is 0 Å². The summed E-state index contributed by atoms with van der Waals surface area (Å²) in [6.45, 7) is 4.32. The minimum Gasteiger partial charge on any atom is -0.392 e. The monoisotopic (exact) mass is 244 g/mol. The van der Waals surface area contributed by atoms with Crippen molar-refractivity contribution in [1.29, 1.82) is 0 Å². The molecule has 98 valence electrons. The zero-order valence-electron chi connectivity index (χ0n) is 11.5. The molecule has 3 atom stereocenters. The Bertz CT molecular complexity index is 405. The molecule has 1 aromatic carbocycles. The molecule has 2 aliphatic carbocycles. The summed E-state index contributed by atoms with van der Waals surface area (Å²) >= 11 is 0. The van der Waals surface area contributed by atoms with Gasteiger partial charge < -0.3 is 5.11 Å². The van der Waals surface area contributed by atoms with Crippen molar-refractivity contribution in [3.63, 3.8) is 0 Å². The number of rotatable bonds is 3. The maximum absolute atomic E-state index is 10.5. The van der Waals surface area contributed by atoms with Gasteiger partial charge in [-0.05, 0) is 67.6 Å². The van der Waals surface area contributed by atoms with Crippen molar-refractivity contribution in [2.75, 3.05) is 0 Å². The van der Waals surface area contributed by atoms with E-state index >= 15 is 0 Å². The molecule has 0 amide bonds. The number of benzene rings is 1. The van der Waals surface area contributed by atoms with Crippen molar-refractivity contribution in [2.45, 2.75) is 52.1 Å². The molecular formula is C17H24O. The van der Waals surface area contributed by atoms with Crippen LogP contribution in [0.5, 0.6) is 0 Å². The summed E-state index contributed by atoms with van der Waals surface area (Å²) in [4.78, 5) is 0. The average molecular weight is 244 g/mol. The van der Waals surface area contributed by atoms with E-state index in [1.165, 1.54) is 42.4 Å². The lowest BCUT2D eigenvalue weighted by Crippen LogP contribution is -2.16. The highest BCUT2D eigenvalue weighted by Crippen LogP contribution is 2.57. The molecule has 1 N–H and O–H groups in total. The predicted octanol–water partition coefficient (Wildman–Crippen LogP) is 3.64. The molecule has 0 heterocycles. The van der Waals surface area contributed by atoms with E-state index < -0.39 is 0 Å². The zero-order valence-corrected chi connectivity index (χ0v) is 11.5. The summed E-state index contributed by atoms with van der Waals surface area (Å²) in [7, 11) is 0. The molecule has 3 rings (SSSR count). The van der Waals surface area contributed by atoms with Crippen molar-refractivity contribution >= 4 is 0 Å². The van der Waals surface area contributed by atoms with E-state index in [4.69, 9.17) is 0 Å². The highest BCUT2D eigenvalue weighted by Gasteiger charge is 2.53. The van der Waals surface area contributed by atoms with E-state index in [0.717, 1.165) is 18.3 Å². The van der Waals surface area contributed by atoms with Crippen LogP contribution in [-0.2, 0) is 6.42 Å². The Morgan fingerprint density at radius 1 is 1.11 bits per heavy atom. The van der Waals surface area contributed by atoms with Crippen molar-refractivity contribution in [2.24, 2.45) is 17.8 Å². The molecule has 2 fully saturated rings. The first-order valence-corrected chi connectivity index (χ1v) is 7.41. The summed E-state index contributed by atoms with van der Waals surface area (Å²) < 4.78 is 0. The fourth-order valence-corrected chi connectivity index (χ4v) is 4.13. The highest BCUT2D eigenvalue weighted by molar-refractivity contribution is 5.34. The molecule has 3 unspecified atom stereocenters. The van der Waals surface area contributed by atoms with E-state index in [2.05, 4.69) is 32.0 Å². The van der Waals surface area contributed by atoms with E-state index in [-0.39, 0.29) is 6.10 Å². The van der Waals surface area contributed by atoms with Gasteiger partial charge in [-0.3, -0.25) is 0 Å². The molecule has 0 aromatic heterocycles. The molecule has 1 heteroatoms. The first-order chi connectivity index (χ1) is 8.68. The van der Waals surface area contributed by atoms with Crippen molar-refractivity contribution in [3.8, 4) is 0 Å². The molecule has 0 saturated heterocycles. The van der Waals surface area contributed by atoms with Gasteiger partial charge in [0, 0.05) is 0 Å². The van der Waals surface area contributed by atoms with Crippen LogP contribution in [0.2, 0.25) is 0 Å². The first kappa shape index (κ1) is 12.2. The topological polar surface area (TPSA) is 20.2 Å². The van der Waals surface area contributed by atoms with Crippen LogP contribution < -0.4 is 0 Å². The van der Waals surface area contributed by atoms with E-state index in [9.17, 15) is 5.11 Å². The van der Waals surface area contributed by atoms with Crippen molar-refractivity contribution in [1.82, 2.24) is 0 Å². The Balaban J connectivity index is 1.70. The summed E-state index contributed by atoms with van der Waals surface area (Å²) in [6.07, 6.45) is 6.23. The van der Waals surface area contributed by atoms with Crippen LogP contribution in [0.25, 0.3) is 0 Å².